The first-order valence-electron chi connectivity index (χ1n) is 6.67. The van der Waals surface area contributed by atoms with Gasteiger partial charge >= 0.3 is 6.09 Å². The number of hydrogen-bond donors (Lipinski definition) is 3. The lowest BCUT2D eigenvalue weighted by molar-refractivity contribution is 0.0636. The lowest BCUT2D eigenvalue weighted by Gasteiger charge is -2.25. The molecule has 0 aliphatic heterocycles. The molecule has 1 aromatic carbocycles. The van der Waals surface area contributed by atoms with Gasteiger partial charge in [0, 0.05) is 17.3 Å². The smallest absolute Gasteiger partial charge is 0.412 e. The molecule has 6 nitrogen and oxygen atoms in total. The van der Waals surface area contributed by atoms with Crippen LogP contribution in [-0.2, 0) is 10.3 Å². The van der Waals surface area contributed by atoms with E-state index in [-0.39, 0.29) is 6.61 Å². The van der Waals surface area contributed by atoms with Crippen molar-refractivity contribution in [3.05, 3.63) is 23.8 Å². The van der Waals surface area contributed by atoms with Gasteiger partial charge in [0.1, 0.15) is 11.4 Å². The molecule has 0 aromatic heterocycles. The molecule has 1 aromatic rings. The first-order valence-corrected chi connectivity index (χ1v) is 6.67. The van der Waals surface area contributed by atoms with Crippen molar-refractivity contribution >= 4 is 11.8 Å². The summed E-state index contributed by atoms with van der Waals surface area (Å²) in [4.78, 5) is 11.7. The highest BCUT2D eigenvalue weighted by Crippen LogP contribution is 2.30. The third kappa shape index (κ3) is 4.91. The van der Waals surface area contributed by atoms with Crippen molar-refractivity contribution in [2.24, 2.45) is 5.73 Å². The second kappa shape index (κ2) is 6.32. The van der Waals surface area contributed by atoms with Crippen molar-refractivity contribution in [3.8, 4) is 5.75 Å². The number of nitrogens with two attached hydrogens (primary N) is 1. The number of carbonyl (C=O) groups excluding carboxylic acids is 1. The van der Waals surface area contributed by atoms with Gasteiger partial charge in [-0.05, 0) is 33.8 Å². The molecule has 1 unspecified atom stereocenters. The Bertz CT molecular complexity index is 507. The monoisotopic (exact) mass is 296 g/mol. The largest absolute Gasteiger partial charge is 0.496 e. The summed E-state index contributed by atoms with van der Waals surface area (Å²) in [6.07, 6.45) is -0.546. The molecule has 1 rings (SSSR count). The van der Waals surface area contributed by atoms with Gasteiger partial charge in [-0.2, -0.15) is 0 Å². The topological polar surface area (TPSA) is 93.8 Å². The quantitative estimate of drug-likeness (QED) is 0.792. The molecule has 0 aliphatic carbocycles. The molecule has 118 valence electrons. The minimum absolute atomic E-state index is 0.220. The van der Waals surface area contributed by atoms with Gasteiger partial charge in [-0.25, -0.2) is 4.79 Å². The van der Waals surface area contributed by atoms with Crippen LogP contribution in [0.5, 0.6) is 5.75 Å². The van der Waals surface area contributed by atoms with Crippen LogP contribution in [0.15, 0.2) is 18.2 Å². The van der Waals surface area contributed by atoms with Crippen molar-refractivity contribution in [1.82, 2.24) is 0 Å². The van der Waals surface area contributed by atoms with E-state index >= 15 is 0 Å². The number of ether oxygens (including phenoxy) is 2. The van der Waals surface area contributed by atoms with Crippen LogP contribution in [-0.4, -0.2) is 30.5 Å². The number of aliphatic hydroxyl groups excluding tert-OH is 1. The number of anilines is 1. The number of methoxy groups -OCH3 is 1. The first-order chi connectivity index (χ1) is 9.59. The fourth-order valence-corrected chi connectivity index (χ4v) is 1.75. The van der Waals surface area contributed by atoms with E-state index in [2.05, 4.69) is 5.32 Å². The minimum Gasteiger partial charge on any atom is -0.496 e. The van der Waals surface area contributed by atoms with E-state index < -0.39 is 17.2 Å². The van der Waals surface area contributed by atoms with E-state index in [0.29, 0.717) is 17.0 Å². The number of rotatable bonds is 4. The van der Waals surface area contributed by atoms with Gasteiger partial charge in [0.25, 0.3) is 0 Å². The molecule has 1 atom stereocenters. The standard InChI is InChI=1S/C15H24N2O4/c1-14(2,3)21-13(19)17-10-6-7-11(12(8-10)20-5)15(4,16)9-18/h6-8,18H,9,16H2,1-5H3,(H,17,19). The second-order valence-corrected chi connectivity index (χ2v) is 6.12. The van der Waals surface area contributed by atoms with E-state index in [1.807, 2.05) is 0 Å². The summed E-state index contributed by atoms with van der Waals surface area (Å²) in [6.45, 7) is 6.85. The molecule has 0 heterocycles. The number of hydrogen-bond acceptors (Lipinski definition) is 5. The number of carbonyl (C=O) groups is 1. The number of nitrogens with one attached hydrogen (secondary N) is 1. The van der Waals surface area contributed by atoms with Crippen molar-refractivity contribution in [1.29, 1.82) is 0 Å². The van der Waals surface area contributed by atoms with Crippen LogP contribution in [0.4, 0.5) is 10.5 Å². The van der Waals surface area contributed by atoms with E-state index in [0.717, 1.165) is 0 Å². The maximum atomic E-state index is 11.7. The Labute approximate surface area is 125 Å². The Kier molecular flexibility index (Phi) is 5.20. The lowest BCUT2D eigenvalue weighted by atomic mass is 9.93. The zero-order chi connectivity index (χ0) is 16.3. The van der Waals surface area contributed by atoms with Crippen molar-refractivity contribution in [3.63, 3.8) is 0 Å². The van der Waals surface area contributed by atoms with Gasteiger partial charge < -0.3 is 20.3 Å². The lowest BCUT2D eigenvalue weighted by Crippen LogP contribution is -2.37. The minimum atomic E-state index is -0.921. The van der Waals surface area contributed by atoms with Crippen LogP contribution in [0.25, 0.3) is 0 Å². The maximum Gasteiger partial charge on any atom is 0.412 e. The Morgan fingerprint density at radius 1 is 1.33 bits per heavy atom. The Morgan fingerprint density at radius 3 is 2.43 bits per heavy atom. The highest BCUT2D eigenvalue weighted by Gasteiger charge is 2.24. The van der Waals surface area contributed by atoms with Crippen molar-refractivity contribution < 1.29 is 19.4 Å². The molecule has 0 fully saturated rings. The van der Waals surface area contributed by atoms with Crippen molar-refractivity contribution in [2.45, 2.75) is 38.8 Å². The predicted molar refractivity (Wildman–Crippen MR) is 81.5 cm³/mol. The summed E-state index contributed by atoms with van der Waals surface area (Å²) in [5.41, 5.74) is 5.70. The molecular weight excluding hydrogens is 272 g/mol. The Morgan fingerprint density at radius 2 is 1.95 bits per heavy atom. The average molecular weight is 296 g/mol. The van der Waals surface area contributed by atoms with Gasteiger partial charge in [0.2, 0.25) is 0 Å². The van der Waals surface area contributed by atoms with Gasteiger partial charge in [0.15, 0.2) is 0 Å². The summed E-state index contributed by atoms with van der Waals surface area (Å²) in [5.74, 6) is 0.489. The molecule has 4 N–H and O–H groups in total. The summed E-state index contributed by atoms with van der Waals surface area (Å²) in [7, 11) is 1.50. The molecule has 0 spiro atoms. The van der Waals surface area contributed by atoms with E-state index in [1.165, 1.54) is 7.11 Å². The third-order valence-electron chi connectivity index (χ3n) is 2.79. The van der Waals surface area contributed by atoms with Gasteiger partial charge in [-0.3, -0.25) is 5.32 Å². The first kappa shape index (κ1) is 17.3. The number of benzene rings is 1. The zero-order valence-corrected chi connectivity index (χ0v) is 13.2. The predicted octanol–water partition coefficient (Wildman–Crippen LogP) is 2.21. The van der Waals surface area contributed by atoms with Gasteiger partial charge in [0.05, 0.1) is 19.3 Å². The van der Waals surface area contributed by atoms with Crippen LogP contribution in [0.3, 0.4) is 0 Å². The summed E-state index contributed by atoms with van der Waals surface area (Å²) in [6, 6.07) is 5.03. The second-order valence-electron chi connectivity index (χ2n) is 6.12. The van der Waals surface area contributed by atoms with Crippen LogP contribution >= 0.6 is 0 Å². The fourth-order valence-electron chi connectivity index (χ4n) is 1.75. The van der Waals surface area contributed by atoms with Gasteiger partial charge in [-0.1, -0.05) is 6.07 Å². The summed E-state index contributed by atoms with van der Waals surface area (Å²) in [5, 5.41) is 12.0. The number of amides is 1. The van der Waals surface area contributed by atoms with E-state index in [9.17, 15) is 9.90 Å². The van der Waals surface area contributed by atoms with E-state index in [1.54, 1.807) is 45.9 Å². The molecule has 0 bridgehead atoms. The summed E-state index contributed by atoms with van der Waals surface area (Å²) >= 11 is 0. The van der Waals surface area contributed by atoms with Gasteiger partial charge in [-0.15, -0.1) is 0 Å². The highest BCUT2D eigenvalue weighted by atomic mass is 16.6. The third-order valence-corrected chi connectivity index (χ3v) is 2.79. The zero-order valence-electron chi connectivity index (χ0n) is 13.2. The van der Waals surface area contributed by atoms with E-state index in [4.69, 9.17) is 15.2 Å². The maximum absolute atomic E-state index is 11.7. The van der Waals surface area contributed by atoms with Crippen LogP contribution in [0.2, 0.25) is 0 Å². The Balaban J connectivity index is 2.96. The molecule has 0 radical (unpaired) electrons. The highest BCUT2D eigenvalue weighted by molar-refractivity contribution is 5.85. The normalized spacial score (nSPS) is 14.2. The van der Waals surface area contributed by atoms with Crippen LogP contribution in [0.1, 0.15) is 33.3 Å². The van der Waals surface area contributed by atoms with Crippen molar-refractivity contribution in [2.75, 3.05) is 19.0 Å². The van der Waals surface area contributed by atoms with Crippen LogP contribution in [0, 0.1) is 0 Å². The molecule has 1 amide bonds. The molecule has 0 aliphatic rings. The fraction of sp³-hybridized carbons (Fsp3) is 0.533. The Hall–Kier alpha value is -1.79. The molecular formula is C15H24N2O4. The van der Waals surface area contributed by atoms with Crippen LogP contribution < -0.4 is 15.8 Å². The molecule has 0 saturated heterocycles. The molecule has 6 heteroatoms. The SMILES string of the molecule is COc1cc(NC(=O)OC(C)(C)C)ccc1C(C)(N)CO. The average Bonchev–Trinajstić information content (AvgIpc) is 2.36. The summed E-state index contributed by atoms with van der Waals surface area (Å²) < 4.78 is 10.5. The molecule has 21 heavy (non-hydrogen) atoms. The molecule has 0 saturated carbocycles. The number of aliphatic hydroxyl groups is 1.